The predicted molar refractivity (Wildman–Crippen MR) is 132 cm³/mol. The summed E-state index contributed by atoms with van der Waals surface area (Å²) in [5.74, 6) is 0.330. The van der Waals surface area contributed by atoms with Gasteiger partial charge < -0.3 is 19.9 Å². The number of nitrogens with zero attached hydrogens (tertiary/aromatic N) is 3. The third-order valence-electron chi connectivity index (χ3n) is 6.46. The average molecular weight is 487 g/mol. The topological polar surface area (TPSA) is 68.6 Å². The van der Waals surface area contributed by atoms with Crippen LogP contribution in [-0.4, -0.2) is 50.2 Å². The molecule has 2 saturated heterocycles. The zero-order valence-corrected chi connectivity index (χ0v) is 20.2. The van der Waals surface area contributed by atoms with E-state index in [-0.39, 0.29) is 17.9 Å². The fourth-order valence-corrected chi connectivity index (χ4v) is 5.11. The number of piperidine rings is 1. The van der Waals surface area contributed by atoms with Gasteiger partial charge in [-0.3, -0.25) is 4.79 Å². The number of ether oxygens (including phenoxy) is 1. The van der Waals surface area contributed by atoms with Crippen LogP contribution in [0.15, 0.2) is 36.4 Å². The Labute approximate surface area is 205 Å². The van der Waals surface area contributed by atoms with Crippen molar-refractivity contribution in [3.63, 3.8) is 0 Å². The van der Waals surface area contributed by atoms with Gasteiger partial charge in [0.1, 0.15) is 6.07 Å². The minimum Gasteiger partial charge on any atom is -0.378 e. The highest BCUT2D eigenvalue weighted by atomic mass is 35.5. The highest BCUT2D eigenvalue weighted by Crippen LogP contribution is 2.32. The first-order chi connectivity index (χ1) is 16.0. The molecule has 0 aliphatic carbocycles. The lowest BCUT2D eigenvalue weighted by molar-refractivity contribution is -0.140. The number of hydrogen-bond donors (Lipinski definition) is 1. The number of amides is 1. The van der Waals surface area contributed by atoms with E-state index in [1.165, 1.54) is 0 Å². The number of benzene rings is 2. The highest BCUT2D eigenvalue weighted by Gasteiger charge is 2.29. The molecule has 1 N–H and O–H groups in total. The molecule has 33 heavy (non-hydrogen) atoms. The van der Waals surface area contributed by atoms with Gasteiger partial charge in [-0.15, -0.1) is 0 Å². The maximum Gasteiger partial charge on any atom is 0.225 e. The predicted octanol–water partition coefficient (Wildman–Crippen LogP) is 5.11. The van der Waals surface area contributed by atoms with Crippen molar-refractivity contribution >= 4 is 40.5 Å². The molecule has 2 fully saturated rings. The number of halogens is 2. The number of rotatable bonds is 5. The van der Waals surface area contributed by atoms with E-state index in [1.54, 1.807) is 6.07 Å². The molecule has 0 aromatic heterocycles. The Kier molecular flexibility index (Phi) is 7.64. The second kappa shape index (κ2) is 10.6. The van der Waals surface area contributed by atoms with Crippen LogP contribution in [0.25, 0.3) is 0 Å². The maximum atomic E-state index is 12.8. The van der Waals surface area contributed by atoms with Crippen LogP contribution in [0.3, 0.4) is 0 Å². The molecule has 0 bridgehead atoms. The fourth-order valence-electron chi connectivity index (χ4n) is 4.54. The Morgan fingerprint density at radius 2 is 1.85 bits per heavy atom. The van der Waals surface area contributed by atoms with Gasteiger partial charge in [-0.05, 0) is 55.7 Å². The number of carbonyl (C=O) groups is 1. The highest BCUT2D eigenvalue weighted by molar-refractivity contribution is 6.35. The summed E-state index contributed by atoms with van der Waals surface area (Å²) in [6, 6.07) is 13.4. The van der Waals surface area contributed by atoms with Gasteiger partial charge in [-0.1, -0.05) is 29.3 Å². The smallest absolute Gasteiger partial charge is 0.225 e. The van der Waals surface area contributed by atoms with Crippen LogP contribution in [0.1, 0.15) is 36.9 Å². The quantitative estimate of drug-likeness (QED) is 0.635. The third-order valence-corrected chi connectivity index (χ3v) is 7.02. The van der Waals surface area contributed by atoms with Gasteiger partial charge in [0, 0.05) is 47.8 Å². The summed E-state index contributed by atoms with van der Waals surface area (Å²) in [6.07, 6.45) is 1.66. The van der Waals surface area contributed by atoms with Crippen LogP contribution in [0.5, 0.6) is 0 Å². The summed E-state index contributed by atoms with van der Waals surface area (Å²) >= 11 is 12.4. The SMILES string of the molecule is CC(Nc1cc(N2CCC(C(=O)N3CCOCC3)CC2)ccc1C#N)c1ccc(Cl)cc1Cl. The molecule has 2 aliphatic heterocycles. The van der Waals surface area contributed by atoms with Gasteiger partial charge >= 0.3 is 0 Å². The van der Waals surface area contributed by atoms with Crippen molar-refractivity contribution < 1.29 is 9.53 Å². The fraction of sp³-hybridized carbons (Fsp3) is 0.440. The zero-order chi connectivity index (χ0) is 23.4. The van der Waals surface area contributed by atoms with Crippen molar-refractivity contribution in [3.8, 4) is 6.07 Å². The summed E-state index contributed by atoms with van der Waals surface area (Å²) in [5, 5.41) is 14.2. The summed E-state index contributed by atoms with van der Waals surface area (Å²) in [5.41, 5.74) is 3.30. The first-order valence-corrected chi connectivity index (χ1v) is 12.1. The number of nitrogens with one attached hydrogen (secondary N) is 1. The van der Waals surface area contributed by atoms with E-state index >= 15 is 0 Å². The second-order valence-corrected chi connectivity index (χ2v) is 9.42. The molecule has 1 unspecified atom stereocenters. The molecule has 2 heterocycles. The normalized spacial score (nSPS) is 18.0. The second-order valence-electron chi connectivity index (χ2n) is 8.57. The molecule has 0 radical (unpaired) electrons. The molecule has 6 nitrogen and oxygen atoms in total. The number of nitriles is 1. The largest absolute Gasteiger partial charge is 0.378 e. The minimum atomic E-state index is -0.103. The number of carbonyl (C=O) groups excluding carboxylic acids is 1. The van der Waals surface area contributed by atoms with E-state index in [0.29, 0.717) is 41.9 Å². The third kappa shape index (κ3) is 5.55. The molecule has 4 rings (SSSR count). The zero-order valence-electron chi connectivity index (χ0n) is 18.7. The van der Waals surface area contributed by atoms with E-state index in [1.807, 2.05) is 42.2 Å². The van der Waals surface area contributed by atoms with Crippen molar-refractivity contribution in [2.45, 2.75) is 25.8 Å². The van der Waals surface area contributed by atoms with E-state index in [9.17, 15) is 10.1 Å². The molecule has 0 spiro atoms. The lowest BCUT2D eigenvalue weighted by Gasteiger charge is -2.36. The van der Waals surface area contributed by atoms with Crippen LogP contribution in [0.4, 0.5) is 11.4 Å². The monoisotopic (exact) mass is 486 g/mol. The number of anilines is 2. The Balaban J connectivity index is 1.43. The van der Waals surface area contributed by atoms with Crippen molar-refractivity contribution in [2.24, 2.45) is 5.92 Å². The molecular weight excluding hydrogens is 459 g/mol. The first kappa shape index (κ1) is 23.7. The maximum absolute atomic E-state index is 12.8. The first-order valence-electron chi connectivity index (χ1n) is 11.3. The molecule has 2 aromatic carbocycles. The van der Waals surface area contributed by atoms with Crippen molar-refractivity contribution in [1.82, 2.24) is 4.90 Å². The Hall–Kier alpha value is -2.46. The summed E-state index contributed by atoms with van der Waals surface area (Å²) in [6.45, 7) is 6.27. The van der Waals surface area contributed by atoms with Crippen molar-refractivity contribution in [3.05, 3.63) is 57.6 Å². The Bertz CT molecular complexity index is 1040. The van der Waals surface area contributed by atoms with Crippen molar-refractivity contribution in [1.29, 1.82) is 5.26 Å². The van der Waals surface area contributed by atoms with Crippen LogP contribution >= 0.6 is 23.2 Å². The number of morpholine rings is 1. The molecule has 2 aromatic rings. The number of hydrogen-bond acceptors (Lipinski definition) is 5. The van der Waals surface area contributed by atoms with E-state index in [4.69, 9.17) is 27.9 Å². The van der Waals surface area contributed by atoms with E-state index in [2.05, 4.69) is 16.3 Å². The van der Waals surface area contributed by atoms with E-state index < -0.39 is 0 Å². The molecule has 8 heteroatoms. The van der Waals surface area contributed by atoms with Gasteiger partial charge in [0.2, 0.25) is 5.91 Å². The van der Waals surface area contributed by atoms with Crippen LogP contribution in [0, 0.1) is 17.2 Å². The van der Waals surface area contributed by atoms with Gasteiger partial charge in [-0.25, -0.2) is 0 Å². The summed E-state index contributed by atoms with van der Waals surface area (Å²) in [4.78, 5) is 17.1. The van der Waals surface area contributed by atoms with Gasteiger partial charge in [0.25, 0.3) is 0 Å². The molecular formula is C25H28Cl2N4O2. The average Bonchev–Trinajstić information content (AvgIpc) is 2.84. The standard InChI is InChI=1S/C25H28Cl2N4O2/c1-17(22-5-3-20(26)14-23(22)27)29-24-15-21(4-2-19(24)16-28)30-8-6-18(7-9-30)25(32)31-10-12-33-13-11-31/h2-5,14-15,17-18,29H,6-13H2,1H3. The van der Waals surface area contributed by atoms with Crippen LogP contribution in [-0.2, 0) is 9.53 Å². The molecule has 2 aliphatic rings. The van der Waals surface area contributed by atoms with Gasteiger partial charge in [0.15, 0.2) is 0 Å². The Morgan fingerprint density at radius 1 is 1.12 bits per heavy atom. The summed E-state index contributed by atoms with van der Waals surface area (Å²) in [7, 11) is 0. The van der Waals surface area contributed by atoms with Crippen molar-refractivity contribution in [2.75, 3.05) is 49.6 Å². The molecule has 0 saturated carbocycles. The lowest BCUT2D eigenvalue weighted by atomic mass is 9.94. The molecule has 174 valence electrons. The van der Waals surface area contributed by atoms with Gasteiger partial charge in [0.05, 0.1) is 30.5 Å². The Morgan fingerprint density at radius 3 is 2.52 bits per heavy atom. The molecule has 1 amide bonds. The van der Waals surface area contributed by atoms with Gasteiger partial charge in [-0.2, -0.15) is 5.26 Å². The van der Waals surface area contributed by atoms with E-state index in [0.717, 1.165) is 42.9 Å². The summed E-state index contributed by atoms with van der Waals surface area (Å²) < 4.78 is 5.37. The lowest BCUT2D eigenvalue weighted by Crippen LogP contribution is -2.46. The van der Waals surface area contributed by atoms with Crippen LogP contribution in [0.2, 0.25) is 10.0 Å². The van der Waals surface area contributed by atoms with Crippen LogP contribution < -0.4 is 10.2 Å². The minimum absolute atomic E-state index is 0.0717. The molecule has 1 atom stereocenters.